The fraction of sp³-hybridized carbons (Fsp3) is 0.792. The van der Waals surface area contributed by atoms with Crippen LogP contribution >= 0.6 is 0 Å². The van der Waals surface area contributed by atoms with Gasteiger partial charge in [0.25, 0.3) is 0 Å². The van der Waals surface area contributed by atoms with E-state index in [4.69, 9.17) is 28.4 Å². The molecule has 0 aromatic carbocycles. The molecule has 0 bridgehead atoms. The molecule has 354 valence electrons. The molecule has 2 amide bonds. The molecule has 0 spiro atoms. The van der Waals surface area contributed by atoms with Gasteiger partial charge in [0.05, 0.1) is 13.2 Å². The maximum Gasteiger partial charge on any atom is 0.407 e. The molecule has 2 fully saturated rings. The number of amides is 2. The summed E-state index contributed by atoms with van der Waals surface area (Å²) in [7, 11) is 0. The van der Waals surface area contributed by atoms with Crippen LogP contribution in [-0.4, -0.2) is 88.3 Å². The first-order chi connectivity index (χ1) is 29.0. The van der Waals surface area contributed by atoms with Gasteiger partial charge in [0.15, 0.2) is 0 Å². The number of esters is 4. The topological polar surface area (TPSA) is 182 Å². The molecule has 4 atom stereocenters. The Morgan fingerprint density at radius 2 is 1.00 bits per heavy atom. The van der Waals surface area contributed by atoms with E-state index in [9.17, 15) is 28.8 Å². The van der Waals surface area contributed by atoms with Gasteiger partial charge in [0.2, 0.25) is 0 Å². The van der Waals surface area contributed by atoms with Crippen molar-refractivity contribution in [3.63, 3.8) is 0 Å². The summed E-state index contributed by atoms with van der Waals surface area (Å²) >= 11 is 0. The van der Waals surface area contributed by atoms with Crippen molar-refractivity contribution in [1.82, 2.24) is 10.6 Å². The molecule has 0 aromatic rings. The second-order valence-corrected chi connectivity index (χ2v) is 20.3. The molecule has 2 aliphatic rings. The quantitative estimate of drug-likeness (QED) is 0.0346. The van der Waals surface area contributed by atoms with E-state index >= 15 is 0 Å². The molecule has 0 aliphatic heterocycles. The number of carbonyl (C=O) groups excluding carboxylic acids is 6. The summed E-state index contributed by atoms with van der Waals surface area (Å²) in [6.07, 6.45) is 13.4. The number of unbranched alkanes of at least 4 members (excludes halogenated alkanes) is 7. The van der Waals surface area contributed by atoms with Gasteiger partial charge in [-0.3, -0.25) is 9.59 Å². The Kier molecular flexibility index (Phi) is 23.1. The SMILES string of the molecule is C=C(C)C(=O)OCCOC(=O)CC1CC(C)(C)CC(C)(CCC(=O)OCCCCCCCCCCOC(=O)NCC2(C)CC(NC(=O)OCCOC(=O)C(=C)C)CC(C)(C)C2)C1. The van der Waals surface area contributed by atoms with Gasteiger partial charge >= 0.3 is 36.1 Å². The monoisotopic (exact) mass is 877 g/mol. The van der Waals surface area contributed by atoms with Crippen molar-refractivity contribution in [2.75, 3.05) is 46.2 Å². The number of ether oxygens (including phenoxy) is 6. The molecule has 0 heterocycles. The smallest absolute Gasteiger partial charge is 0.407 e. The highest BCUT2D eigenvalue weighted by molar-refractivity contribution is 5.87. The second kappa shape index (κ2) is 26.5. The number of nitrogens with one attached hydrogen (secondary N) is 2. The molecular formula is C48H80N2O12. The number of rotatable bonds is 27. The average molecular weight is 877 g/mol. The van der Waals surface area contributed by atoms with Gasteiger partial charge in [-0.05, 0) is 99.2 Å². The molecule has 0 saturated heterocycles. The van der Waals surface area contributed by atoms with Crippen LogP contribution in [0.2, 0.25) is 0 Å². The lowest BCUT2D eigenvalue weighted by Gasteiger charge is -2.46. The number of hydrogen-bond acceptors (Lipinski definition) is 12. The number of carbonyl (C=O) groups is 6. The lowest BCUT2D eigenvalue weighted by molar-refractivity contribution is -0.152. The molecule has 4 unspecified atom stereocenters. The van der Waals surface area contributed by atoms with Gasteiger partial charge in [0.1, 0.15) is 26.4 Å². The lowest BCUT2D eigenvalue weighted by Crippen LogP contribution is -2.50. The van der Waals surface area contributed by atoms with Crippen LogP contribution in [-0.2, 0) is 47.6 Å². The zero-order chi connectivity index (χ0) is 46.4. The van der Waals surface area contributed by atoms with E-state index in [1.165, 1.54) is 0 Å². The standard InChI is InChI=1S/C48H80N2O12/c1-35(2)41(53)59-24-23-58-40(52)27-37-28-45(5,6)32-47(9,29-37)20-19-39(51)57-21-17-15-13-11-12-14-16-18-22-61-43(55)49-34-48(10)31-38(30-46(7,8)33-48)50-44(56)62-26-25-60-42(54)36(3)4/h37-38H,1,3,11-34H2,2,4-10H3,(H,49,55)(H,50,56). The molecule has 2 rings (SSSR count). The Hall–Kier alpha value is -4.10. The Bertz CT molecular complexity index is 1400. The van der Waals surface area contributed by atoms with Gasteiger partial charge in [0, 0.05) is 36.6 Å². The zero-order valence-electron chi connectivity index (χ0n) is 39.4. The molecule has 14 nitrogen and oxygen atoms in total. The van der Waals surface area contributed by atoms with E-state index in [1.807, 2.05) is 0 Å². The van der Waals surface area contributed by atoms with Crippen molar-refractivity contribution in [3.05, 3.63) is 24.3 Å². The van der Waals surface area contributed by atoms with Crippen molar-refractivity contribution < 1.29 is 57.2 Å². The van der Waals surface area contributed by atoms with Crippen LogP contribution in [0.1, 0.15) is 165 Å². The fourth-order valence-electron chi connectivity index (χ4n) is 9.79. The zero-order valence-corrected chi connectivity index (χ0v) is 39.4. The first kappa shape index (κ1) is 54.0. The van der Waals surface area contributed by atoms with Gasteiger partial charge in [-0.1, -0.05) is 93.2 Å². The number of alkyl carbamates (subject to hydrolysis) is 2. The largest absolute Gasteiger partial charge is 0.466 e. The normalized spacial score (nSPS) is 22.6. The summed E-state index contributed by atoms with van der Waals surface area (Å²) in [5.41, 5.74) is 0.233. The van der Waals surface area contributed by atoms with Crippen LogP contribution in [0.5, 0.6) is 0 Å². The predicted octanol–water partition coefficient (Wildman–Crippen LogP) is 9.47. The van der Waals surface area contributed by atoms with Gasteiger partial charge in [-0.15, -0.1) is 0 Å². The van der Waals surface area contributed by atoms with Crippen molar-refractivity contribution in [2.45, 2.75) is 171 Å². The molecule has 2 aliphatic carbocycles. The Morgan fingerprint density at radius 3 is 1.58 bits per heavy atom. The maximum atomic E-state index is 12.6. The Balaban J connectivity index is 1.52. The molecule has 2 saturated carbocycles. The maximum absolute atomic E-state index is 12.6. The summed E-state index contributed by atoms with van der Waals surface area (Å²) in [5.74, 6) is -1.34. The van der Waals surface area contributed by atoms with Crippen molar-refractivity contribution >= 4 is 36.1 Å². The Labute approximate surface area is 371 Å². The summed E-state index contributed by atoms with van der Waals surface area (Å²) in [5, 5.41) is 5.87. The minimum atomic E-state index is -0.566. The van der Waals surface area contributed by atoms with E-state index in [0.29, 0.717) is 51.0 Å². The highest BCUT2D eigenvalue weighted by atomic mass is 16.6. The first-order valence-electron chi connectivity index (χ1n) is 22.8. The molecule has 0 radical (unpaired) electrons. The van der Waals surface area contributed by atoms with Crippen molar-refractivity contribution in [2.24, 2.45) is 27.6 Å². The third kappa shape index (κ3) is 23.4. The van der Waals surface area contributed by atoms with Crippen molar-refractivity contribution in [3.8, 4) is 0 Å². The van der Waals surface area contributed by atoms with E-state index in [2.05, 4.69) is 65.3 Å². The van der Waals surface area contributed by atoms with E-state index in [0.717, 1.165) is 83.5 Å². The predicted molar refractivity (Wildman–Crippen MR) is 237 cm³/mol. The summed E-state index contributed by atoms with van der Waals surface area (Å²) in [6.45, 7) is 24.4. The molecule has 14 heteroatoms. The second-order valence-electron chi connectivity index (χ2n) is 20.3. The lowest BCUT2D eigenvalue weighted by atomic mass is 9.59. The van der Waals surface area contributed by atoms with E-state index in [-0.39, 0.29) is 77.6 Å². The van der Waals surface area contributed by atoms with Gasteiger partial charge in [-0.25, -0.2) is 19.2 Å². The fourth-order valence-corrected chi connectivity index (χ4v) is 9.79. The van der Waals surface area contributed by atoms with Crippen LogP contribution < -0.4 is 10.6 Å². The van der Waals surface area contributed by atoms with Crippen LogP contribution in [0, 0.1) is 27.6 Å². The molecule has 2 N–H and O–H groups in total. The van der Waals surface area contributed by atoms with Crippen LogP contribution in [0.15, 0.2) is 24.3 Å². The van der Waals surface area contributed by atoms with Gasteiger partial charge in [-0.2, -0.15) is 0 Å². The minimum absolute atomic E-state index is 0.00386. The molecule has 0 aromatic heterocycles. The summed E-state index contributed by atoms with van der Waals surface area (Å²) in [4.78, 5) is 73.1. The third-order valence-corrected chi connectivity index (χ3v) is 11.7. The van der Waals surface area contributed by atoms with E-state index < -0.39 is 24.1 Å². The molecular weight excluding hydrogens is 797 g/mol. The minimum Gasteiger partial charge on any atom is -0.466 e. The van der Waals surface area contributed by atoms with Gasteiger partial charge < -0.3 is 39.1 Å². The highest BCUT2D eigenvalue weighted by Gasteiger charge is 2.43. The third-order valence-electron chi connectivity index (χ3n) is 11.7. The van der Waals surface area contributed by atoms with Crippen molar-refractivity contribution in [1.29, 1.82) is 0 Å². The molecule has 62 heavy (non-hydrogen) atoms. The number of hydrogen-bond donors (Lipinski definition) is 2. The highest BCUT2D eigenvalue weighted by Crippen LogP contribution is 2.52. The summed E-state index contributed by atoms with van der Waals surface area (Å²) in [6, 6.07) is -0.131. The van der Waals surface area contributed by atoms with E-state index in [1.54, 1.807) is 13.8 Å². The first-order valence-corrected chi connectivity index (χ1v) is 22.8. The summed E-state index contributed by atoms with van der Waals surface area (Å²) < 4.78 is 31.5. The van der Waals surface area contributed by atoms with Crippen LogP contribution in [0.25, 0.3) is 0 Å². The average Bonchev–Trinajstić information content (AvgIpc) is 3.15. The van der Waals surface area contributed by atoms with Crippen LogP contribution in [0.3, 0.4) is 0 Å². The Morgan fingerprint density at radius 1 is 0.532 bits per heavy atom. The van der Waals surface area contributed by atoms with Crippen LogP contribution in [0.4, 0.5) is 9.59 Å².